The van der Waals surface area contributed by atoms with E-state index in [4.69, 9.17) is 14.7 Å². The molecule has 2 amide bonds. The maximum atomic E-state index is 12.4. The Bertz CT molecular complexity index is 1890. The van der Waals surface area contributed by atoms with Crippen LogP contribution in [-0.2, 0) is 32.2 Å². The van der Waals surface area contributed by atoms with Gasteiger partial charge >= 0.3 is 0 Å². The number of hydrogen-bond donors (Lipinski definition) is 4. The molecule has 4 aromatic carbocycles. The maximum Gasteiger partial charge on any atom is 0.243 e. The van der Waals surface area contributed by atoms with Crippen molar-refractivity contribution in [2.24, 2.45) is 0 Å². The molecule has 1 aromatic heterocycles. The lowest BCUT2D eigenvalue weighted by atomic mass is 9.99. The number of thioether (sulfide) groups is 1. The second kappa shape index (κ2) is 17.8. The van der Waals surface area contributed by atoms with Crippen LogP contribution in [0.2, 0.25) is 0 Å². The topological polar surface area (TPSA) is 161 Å². The Labute approximate surface area is 300 Å². The second-order valence-electron chi connectivity index (χ2n) is 12.2. The van der Waals surface area contributed by atoms with E-state index >= 15 is 0 Å². The molecule has 0 radical (unpaired) electrons. The third-order valence-electron chi connectivity index (χ3n) is 8.55. The third kappa shape index (κ3) is 9.87. The van der Waals surface area contributed by atoms with Crippen molar-refractivity contribution < 1.29 is 29.4 Å². The van der Waals surface area contributed by atoms with Crippen molar-refractivity contribution in [2.75, 3.05) is 5.75 Å². The van der Waals surface area contributed by atoms with E-state index < -0.39 is 12.2 Å². The van der Waals surface area contributed by atoms with Crippen molar-refractivity contribution in [3.05, 3.63) is 125 Å². The van der Waals surface area contributed by atoms with Gasteiger partial charge in [0.15, 0.2) is 6.29 Å². The molecule has 3 atom stereocenters. The van der Waals surface area contributed by atoms with Gasteiger partial charge < -0.3 is 19.9 Å². The summed E-state index contributed by atoms with van der Waals surface area (Å²) >= 11 is 1.53. The molecular formula is C38H40N6O6S. The zero-order valence-electron chi connectivity index (χ0n) is 27.9. The number of hydroxylamine groups is 1. The number of ether oxygens (including phenoxy) is 2. The summed E-state index contributed by atoms with van der Waals surface area (Å²) in [6, 6.07) is 33.7. The molecule has 51 heavy (non-hydrogen) atoms. The standard InChI is InChI=1S/C38H40N6O6S/c45-24-26-16-18-28(19-17-26)34-22-33(25-51-38-40-42-43-44(38)32-12-2-1-3-13-32)49-37(50-34)31-11-7-10-30(21-31)29-9-6-8-27(20-29)23-39-35(46)14-4-5-15-36(47)41-48/h1-3,6-13,16-21,33-34,37,45,48H,4-5,14-15,22-25H2,(H,39,46)(H,41,47)/t33-,34+,37+/m0/s1. The highest BCUT2D eigenvalue weighted by molar-refractivity contribution is 7.99. The van der Waals surface area contributed by atoms with Gasteiger partial charge in [-0.2, -0.15) is 4.68 Å². The van der Waals surface area contributed by atoms with Crippen LogP contribution in [0.5, 0.6) is 0 Å². The highest BCUT2D eigenvalue weighted by atomic mass is 32.2. The van der Waals surface area contributed by atoms with E-state index in [2.05, 4.69) is 33.0 Å². The summed E-state index contributed by atoms with van der Waals surface area (Å²) < 4.78 is 14.9. The minimum Gasteiger partial charge on any atom is -0.392 e. The first-order chi connectivity index (χ1) is 25.0. The number of nitrogens with zero attached hydrogens (tertiary/aromatic N) is 4. The van der Waals surface area contributed by atoms with Crippen molar-refractivity contribution in [1.29, 1.82) is 0 Å². The molecule has 0 spiro atoms. The van der Waals surface area contributed by atoms with Crippen LogP contribution in [0.25, 0.3) is 16.8 Å². The Morgan fingerprint density at radius 3 is 2.33 bits per heavy atom. The summed E-state index contributed by atoms with van der Waals surface area (Å²) in [5, 5.41) is 34.2. The van der Waals surface area contributed by atoms with Gasteiger partial charge in [0.2, 0.25) is 17.0 Å². The minimum absolute atomic E-state index is 0.0271. The van der Waals surface area contributed by atoms with E-state index in [0.29, 0.717) is 43.1 Å². The van der Waals surface area contributed by atoms with Crippen LogP contribution in [0.4, 0.5) is 0 Å². The predicted molar refractivity (Wildman–Crippen MR) is 190 cm³/mol. The van der Waals surface area contributed by atoms with Gasteiger partial charge in [-0.3, -0.25) is 14.8 Å². The van der Waals surface area contributed by atoms with Crippen LogP contribution < -0.4 is 10.8 Å². The molecule has 0 aliphatic carbocycles. The normalized spacial score (nSPS) is 17.2. The van der Waals surface area contributed by atoms with Gasteiger partial charge in [-0.05, 0) is 75.4 Å². The van der Waals surface area contributed by atoms with E-state index in [1.165, 1.54) is 11.8 Å². The van der Waals surface area contributed by atoms with Crippen LogP contribution in [-0.4, -0.2) is 54.2 Å². The van der Waals surface area contributed by atoms with Crippen LogP contribution >= 0.6 is 11.8 Å². The number of amides is 2. The third-order valence-corrected chi connectivity index (χ3v) is 9.60. The number of para-hydroxylation sites is 1. The molecule has 0 unspecified atom stereocenters. The highest BCUT2D eigenvalue weighted by Crippen LogP contribution is 2.40. The zero-order chi connectivity index (χ0) is 35.4. The number of carbonyl (C=O) groups excluding carboxylic acids is 2. The molecule has 6 rings (SSSR count). The Hall–Kier alpha value is -4.92. The summed E-state index contributed by atoms with van der Waals surface area (Å²) in [5.41, 5.74) is 8.13. The first kappa shape index (κ1) is 35.9. The molecule has 1 fully saturated rings. The number of unbranched alkanes of at least 4 members (excludes halogenated alkanes) is 1. The van der Waals surface area contributed by atoms with E-state index in [1.807, 2.05) is 91.0 Å². The van der Waals surface area contributed by atoms with E-state index in [0.717, 1.165) is 39.1 Å². The summed E-state index contributed by atoms with van der Waals surface area (Å²) in [6.45, 7) is 0.350. The number of carbonyl (C=O) groups is 2. The van der Waals surface area contributed by atoms with Gasteiger partial charge in [0.1, 0.15) is 0 Å². The van der Waals surface area contributed by atoms with Crippen LogP contribution in [0.1, 0.15) is 66.8 Å². The van der Waals surface area contributed by atoms with Crippen molar-refractivity contribution >= 4 is 23.6 Å². The first-order valence-electron chi connectivity index (χ1n) is 16.8. The fourth-order valence-electron chi connectivity index (χ4n) is 5.83. The SMILES string of the molecule is O=C(CCCCC(=O)NCc1cccc(-c2cccc([C@@H]3O[C@H](CSc4nnnn4-c4ccccc4)C[C@H](c4ccc(CO)cc4)O3)c2)c1)NO. The van der Waals surface area contributed by atoms with Gasteiger partial charge in [0.25, 0.3) is 0 Å². The highest BCUT2D eigenvalue weighted by Gasteiger charge is 2.33. The number of hydrogen-bond acceptors (Lipinski definition) is 10. The fraction of sp³-hybridized carbons (Fsp3) is 0.289. The number of aliphatic hydroxyl groups excluding tert-OH is 1. The molecule has 1 saturated heterocycles. The minimum atomic E-state index is -0.636. The average Bonchev–Trinajstić information content (AvgIpc) is 3.67. The maximum absolute atomic E-state index is 12.4. The Morgan fingerprint density at radius 2 is 1.57 bits per heavy atom. The molecule has 12 nitrogen and oxygen atoms in total. The lowest BCUT2D eigenvalue weighted by Crippen LogP contribution is -2.31. The molecule has 1 aliphatic rings. The Balaban J connectivity index is 1.15. The predicted octanol–water partition coefficient (Wildman–Crippen LogP) is 5.84. The van der Waals surface area contributed by atoms with Crippen LogP contribution in [0.3, 0.4) is 0 Å². The quantitative estimate of drug-likeness (QED) is 0.0450. The average molecular weight is 709 g/mol. The van der Waals surface area contributed by atoms with Crippen LogP contribution in [0.15, 0.2) is 108 Å². The summed E-state index contributed by atoms with van der Waals surface area (Å²) in [6.07, 6.45) is 1.12. The molecule has 2 heterocycles. The summed E-state index contributed by atoms with van der Waals surface area (Å²) in [7, 11) is 0. The first-order valence-corrected chi connectivity index (χ1v) is 17.8. The molecule has 0 saturated carbocycles. The molecule has 1 aliphatic heterocycles. The van der Waals surface area contributed by atoms with E-state index in [-0.39, 0.29) is 31.1 Å². The number of aromatic nitrogens is 4. The molecule has 5 aromatic rings. The molecule has 13 heteroatoms. The molecule has 264 valence electrons. The van der Waals surface area contributed by atoms with Gasteiger partial charge in [-0.1, -0.05) is 90.6 Å². The summed E-state index contributed by atoms with van der Waals surface area (Å²) in [5.74, 6) is 0.0518. The number of rotatable bonds is 15. The second-order valence-corrected chi connectivity index (χ2v) is 13.2. The van der Waals surface area contributed by atoms with Crippen LogP contribution in [0, 0.1) is 0 Å². The van der Waals surface area contributed by atoms with Crippen molar-refractivity contribution in [3.8, 4) is 16.8 Å². The van der Waals surface area contributed by atoms with E-state index in [1.54, 1.807) is 10.2 Å². The largest absolute Gasteiger partial charge is 0.392 e. The monoisotopic (exact) mass is 708 g/mol. The Morgan fingerprint density at radius 1 is 0.824 bits per heavy atom. The zero-order valence-corrected chi connectivity index (χ0v) is 28.7. The Kier molecular flexibility index (Phi) is 12.6. The van der Waals surface area contributed by atoms with Gasteiger partial charge in [-0.15, -0.1) is 5.10 Å². The molecular weight excluding hydrogens is 669 g/mol. The summed E-state index contributed by atoms with van der Waals surface area (Å²) in [4.78, 5) is 23.5. The van der Waals surface area contributed by atoms with Crippen molar-refractivity contribution in [3.63, 3.8) is 0 Å². The fourth-order valence-corrected chi connectivity index (χ4v) is 6.74. The number of nitrogens with one attached hydrogen (secondary N) is 2. The van der Waals surface area contributed by atoms with Crippen molar-refractivity contribution in [2.45, 2.75) is 68.9 Å². The smallest absolute Gasteiger partial charge is 0.243 e. The molecule has 4 N–H and O–H groups in total. The number of benzene rings is 4. The number of aliphatic hydroxyl groups is 1. The van der Waals surface area contributed by atoms with Gasteiger partial charge in [0.05, 0.1) is 24.5 Å². The lowest BCUT2D eigenvalue weighted by Gasteiger charge is -2.36. The van der Waals surface area contributed by atoms with E-state index in [9.17, 15) is 14.7 Å². The lowest BCUT2D eigenvalue weighted by molar-refractivity contribution is -0.245. The van der Waals surface area contributed by atoms with Gasteiger partial charge in [0, 0.05) is 37.1 Å². The van der Waals surface area contributed by atoms with Crippen molar-refractivity contribution in [1.82, 2.24) is 31.0 Å². The van der Waals surface area contributed by atoms with Gasteiger partial charge in [-0.25, -0.2) is 5.48 Å². The molecule has 0 bridgehead atoms. The number of tetrazole rings is 1.